The van der Waals surface area contributed by atoms with Crippen molar-refractivity contribution >= 4 is 29.4 Å². The second kappa shape index (κ2) is 13.3. The topological polar surface area (TPSA) is 129 Å². The van der Waals surface area contributed by atoms with Crippen LogP contribution in [0.4, 0.5) is 5.69 Å². The number of hydrogen-bond acceptors (Lipinski definition) is 6. The molecule has 0 radical (unpaired) electrons. The summed E-state index contributed by atoms with van der Waals surface area (Å²) in [6.45, 7) is 1.93. The van der Waals surface area contributed by atoms with Crippen molar-refractivity contribution in [3.05, 3.63) is 64.1 Å². The van der Waals surface area contributed by atoms with E-state index in [-0.39, 0.29) is 23.6 Å². The Bertz CT molecular complexity index is 1230. The van der Waals surface area contributed by atoms with Gasteiger partial charge in [0, 0.05) is 31.9 Å². The molecule has 1 aromatic heterocycles. The van der Waals surface area contributed by atoms with Crippen LogP contribution < -0.4 is 15.8 Å². The van der Waals surface area contributed by atoms with Crippen molar-refractivity contribution in [1.82, 2.24) is 14.8 Å². The Balaban J connectivity index is 1.25. The van der Waals surface area contributed by atoms with Crippen molar-refractivity contribution in [2.45, 2.75) is 57.9 Å². The molecule has 2 aromatic rings. The van der Waals surface area contributed by atoms with Gasteiger partial charge < -0.3 is 19.9 Å². The molecule has 39 heavy (non-hydrogen) atoms. The summed E-state index contributed by atoms with van der Waals surface area (Å²) in [5, 5.41) is 12.4. The van der Waals surface area contributed by atoms with Crippen LogP contribution in [0.1, 0.15) is 72.1 Å². The number of nitrogens with zero attached hydrogens (tertiary/aromatic N) is 3. The Kier molecular flexibility index (Phi) is 9.64. The van der Waals surface area contributed by atoms with Gasteiger partial charge in [-0.25, -0.2) is 0 Å². The lowest BCUT2D eigenvalue weighted by Gasteiger charge is -2.30. The second-order valence-electron chi connectivity index (χ2n) is 10.2. The fourth-order valence-corrected chi connectivity index (χ4v) is 5.29. The molecular formula is C29H36N4O6. The number of aromatic nitrogens is 1. The van der Waals surface area contributed by atoms with Crippen molar-refractivity contribution < 1.29 is 24.3 Å². The number of nitrogens with one attached hydrogen (secondary N) is 1. The number of piperidine rings is 1. The summed E-state index contributed by atoms with van der Waals surface area (Å²) in [5.74, 6) is -1.72. The molecule has 4 rings (SSSR count). The van der Waals surface area contributed by atoms with E-state index in [1.54, 1.807) is 35.2 Å². The number of amides is 3. The van der Waals surface area contributed by atoms with Gasteiger partial charge in [-0.1, -0.05) is 37.8 Å². The van der Waals surface area contributed by atoms with E-state index in [0.717, 1.165) is 62.5 Å². The summed E-state index contributed by atoms with van der Waals surface area (Å²) in [7, 11) is 0. The van der Waals surface area contributed by atoms with Gasteiger partial charge in [0.2, 0.25) is 5.91 Å². The van der Waals surface area contributed by atoms with Crippen LogP contribution in [0.2, 0.25) is 0 Å². The van der Waals surface area contributed by atoms with Gasteiger partial charge in [0.15, 0.2) is 0 Å². The summed E-state index contributed by atoms with van der Waals surface area (Å²) in [6, 6.07) is 9.81. The smallest absolute Gasteiger partial charge is 0.323 e. The van der Waals surface area contributed by atoms with Crippen molar-refractivity contribution in [2.75, 3.05) is 31.1 Å². The first-order valence-corrected chi connectivity index (χ1v) is 13.8. The molecule has 0 saturated carbocycles. The van der Waals surface area contributed by atoms with Gasteiger partial charge >= 0.3 is 5.97 Å². The van der Waals surface area contributed by atoms with Crippen LogP contribution in [0.3, 0.4) is 0 Å². The van der Waals surface area contributed by atoms with E-state index < -0.39 is 18.1 Å². The average Bonchev–Trinajstić information content (AvgIpc) is 3.18. The maximum Gasteiger partial charge on any atom is 0.323 e. The molecule has 208 valence electrons. The van der Waals surface area contributed by atoms with Crippen LogP contribution in [-0.2, 0) is 16.1 Å². The molecule has 2 N–H and O–H groups in total. The summed E-state index contributed by atoms with van der Waals surface area (Å²) in [6.07, 6.45) is 8.38. The van der Waals surface area contributed by atoms with Crippen molar-refractivity contribution in [3.8, 4) is 0 Å². The maximum absolute atomic E-state index is 13.4. The number of pyridine rings is 1. The zero-order chi connectivity index (χ0) is 27.8. The first-order valence-electron chi connectivity index (χ1n) is 13.8. The molecule has 1 fully saturated rings. The van der Waals surface area contributed by atoms with Crippen LogP contribution >= 0.6 is 0 Å². The number of carbonyl (C=O) groups is 4. The zero-order valence-electron chi connectivity index (χ0n) is 22.1. The van der Waals surface area contributed by atoms with Gasteiger partial charge in [0.25, 0.3) is 17.4 Å². The Morgan fingerprint density at radius 2 is 1.59 bits per heavy atom. The molecule has 10 nitrogen and oxygen atoms in total. The first kappa shape index (κ1) is 28.2. The van der Waals surface area contributed by atoms with Crippen LogP contribution in [0.25, 0.3) is 0 Å². The van der Waals surface area contributed by atoms with E-state index >= 15 is 0 Å². The molecule has 1 unspecified atom stereocenters. The number of aliphatic carboxylic acids is 1. The normalized spacial score (nSPS) is 16.8. The fraction of sp³-hybridized carbons (Fsp3) is 0.483. The van der Waals surface area contributed by atoms with E-state index in [9.17, 15) is 24.0 Å². The van der Waals surface area contributed by atoms with Gasteiger partial charge in [0.05, 0.1) is 22.7 Å². The number of rotatable bonds is 13. The molecule has 3 heterocycles. The molecule has 0 spiro atoms. The Labute approximate surface area is 227 Å². The summed E-state index contributed by atoms with van der Waals surface area (Å²) in [5.41, 5.74) is 1.06. The number of carbonyl (C=O) groups excluding carboxylic acids is 3. The molecule has 2 aliphatic heterocycles. The van der Waals surface area contributed by atoms with Gasteiger partial charge in [-0.2, -0.15) is 0 Å². The quantitative estimate of drug-likeness (QED) is 0.297. The third-order valence-electron chi connectivity index (χ3n) is 7.39. The van der Waals surface area contributed by atoms with Gasteiger partial charge in [0.1, 0.15) is 6.54 Å². The first-order chi connectivity index (χ1) is 18.9. The van der Waals surface area contributed by atoms with Gasteiger partial charge in [-0.3, -0.25) is 28.9 Å². The van der Waals surface area contributed by atoms with E-state index in [1.165, 1.54) is 17.2 Å². The number of anilines is 1. The summed E-state index contributed by atoms with van der Waals surface area (Å²) < 4.78 is 1.12. The third-order valence-corrected chi connectivity index (χ3v) is 7.39. The highest BCUT2D eigenvalue weighted by molar-refractivity contribution is 6.21. The molecule has 0 aliphatic carbocycles. The molecular weight excluding hydrogens is 500 g/mol. The minimum absolute atomic E-state index is 0.0105. The minimum Gasteiger partial charge on any atom is -0.480 e. The molecule has 1 atom stereocenters. The van der Waals surface area contributed by atoms with E-state index in [1.807, 2.05) is 0 Å². The molecule has 1 aromatic carbocycles. The van der Waals surface area contributed by atoms with Crippen molar-refractivity contribution in [2.24, 2.45) is 5.92 Å². The second-order valence-corrected chi connectivity index (χ2v) is 10.2. The Hall–Kier alpha value is -3.79. The number of benzene rings is 1. The Morgan fingerprint density at radius 1 is 0.923 bits per heavy atom. The fourth-order valence-electron chi connectivity index (χ4n) is 5.29. The number of imide groups is 1. The predicted octanol–water partition coefficient (Wildman–Crippen LogP) is 2.90. The number of hydrogen-bond donors (Lipinski definition) is 2. The monoisotopic (exact) mass is 536 g/mol. The highest BCUT2D eigenvalue weighted by Gasteiger charge is 2.34. The number of fused-ring (bicyclic) bond motifs is 1. The van der Waals surface area contributed by atoms with Crippen molar-refractivity contribution in [3.63, 3.8) is 0 Å². The lowest BCUT2D eigenvalue weighted by Crippen LogP contribution is -2.44. The number of carboxylic acid groups (broad SMARTS) is 1. The minimum atomic E-state index is -1.12. The van der Waals surface area contributed by atoms with E-state index in [2.05, 4.69) is 5.32 Å². The highest BCUT2D eigenvalue weighted by atomic mass is 16.4. The molecule has 3 amide bonds. The maximum atomic E-state index is 13.4. The Morgan fingerprint density at radius 3 is 2.23 bits per heavy atom. The van der Waals surface area contributed by atoms with Crippen LogP contribution in [0, 0.1) is 5.92 Å². The van der Waals surface area contributed by atoms with Crippen LogP contribution in [0.15, 0.2) is 47.4 Å². The lowest BCUT2D eigenvalue weighted by molar-refractivity contribution is -0.137. The number of unbranched alkanes of at least 4 members (excludes halogenated alkanes) is 5. The summed E-state index contributed by atoms with van der Waals surface area (Å²) in [4.78, 5) is 64.7. The standard InChI is InChI=1S/C29H36N4O6/c34-25-14-13-22(19-31(25)20-26(35)36)32(27(37)21-10-9-15-30-18-21)16-7-3-1-2-4-8-17-33-28(38)23-11-5-6-12-24(23)29(33)39/h5-6,11-14,19,21,30H,1-4,7-10,15-18,20H2,(H,35,36). The van der Waals surface area contributed by atoms with Gasteiger partial charge in [-0.05, 0) is 50.4 Å². The van der Waals surface area contributed by atoms with Crippen LogP contribution in [0.5, 0.6) is 0 Å². The molecule has 1 saturated heterocycles. The molecule has 10 heteroatoms. The highest BCUT2D eigenvalue weighted by Crippen LogP contribution is 2.23. The number of carboxylic acids is 1. The SMILES string of the molecule is O=C(O)Cn1cc(N(CCCCCCCCN2C(=O)c3ccccc3C2=O)C(=O)C2CCCNC2)ccc1=O. The largest absolute Gasteiger partial charge is 0.480 e. The molecule has 2 aliphatic rings. The van der Waals surface area contributed by atoms with E-state index in [4.69, 9.17) is 5.11 Å². The average molecular weight is 537 g/mol. The summed E-state index contributed by atoms with van der Waals surface area (Å²) >= 11 is 0. The van der Waals surface area contributed by atoms with Crippen LogP contribution in [-0.4, -0.2) is 64.4 Å². The van der Waals surface area contributed by atoms with E-state index in [0.29, 0.717) is 36.4 Å². The zero-order valence-corrected chi connectivity index (χ0v) is 22.1. The van der Waals surface area contributed by atoms with Gasteiger partial charge in [-0.15, -0.1) is 0 Å². The predicted molar refractivity (Wildman–Crippen MR) is 146 cm³/mol. The van der Waals surface area contributed by atoms with Crippen molar-refractivity contribution in [1.29, 1.82) is 0 Å². The third kappa shape index (κ3) is 7.00. The molecule has 0 bridgehead atoms. The lowest BCUT2D eigenvalue weighted by atomic mass is 9.97.